The number of amides is 1. The van der Waals surface area contributed by atoms with Gasteiger partial charge in [0.1, 0.15) is 11.9 Å². The second-order valence-electron chi connectivity index (χ2n) is 3.68. The molecule has 7 nitrogen and oxygen atoms in total. The molecule has 1 amide bonds. The van der Waals surface area contributed by atoms with Crippen LogP contribution >= 0.6 is 11.8 Å². The van der Waals surface area contributed by atoms with Gasteiger partial charge in [-0.2, -0.15) is 5.10 Å². The standard InChI is InChI=1S/C12H15N5O2S/c1-2-19-11-9(4-3-5-14-11)10(18)13-6-7-20-12-15-8-16-17-12/h3-5,8H,2,6-7H2,1H3,(H,13,18)(H,15,16,17). The second-order valence-corrected chi connectivity index (χ2v) is 4.77. The zero-order chi connectivity index (χ0) is 14.2. The molecule has 0 radical (unpaired) electrons. The molecule has 2 rings (SSSR count). The van der Waals surface area contributed by atoms with Gasteiger partial charge in [0.05, 0.1) is 6.61 Å². The molecule has 2 aromatic heterocycles. The van der Waals surface area contributed by atoms with Crippen LogP contribution in [0.2, 0.25) is 0 Å². The van der Waals surface area contributed by atoms with Crippen molar-refractivity contribution in [3.8, 4) is 5.88 Å². The van der Waals surface area contributed by atoms with E-state index in [1.54, 1.807) is 18.3 Å². The molecular formula is C12H15N5O2S. The number of H-pyrrole nitrogens is 1. The van der Waals surface area contributed by atoms with E-state index in [4.69, 9.17) is 4.74 Å². The number of carbonyl (C=O) groups is 1. The first-order valence-corrected chi connectivity index (χ1v) is 7.14. The Balaban J connectivity index is 1.82. The van der Waals surface area contributed by atoms with Gasteiger partial charge in [0, 0.05) is 18.5 Å². The zero-order valence-electron chi connectivity index (χ0n) is 11.0. The van der Waals surface area contributed by atoms with E-state index >= 15 is 0 Å². The molecule has 2 aromatic rings. The molecule has 0 bridgehead atoms. The van der Waals surface area contributed by atoms with Crippen molar-refractivity contribution in [2.24, 2.45) is 0 Å². The van der Waals surface area contributed by atoms with E-state index in [0.29, 0.717) is 30.3 Å². The molecule has 0 saturated heterocycles. The van der Waals surface area contributed by atoms with Crippen LogP contribution < -0.4 is 10.1 Å². The van der Waals surface area contributed by atoms with Crippen molar-refractivity contribution in [1.82, 2.24) is 25.5 Å². The van der Waals surface area contributed by atoms with Gasteiger partial charge in [-0.25, -0.2) is 9.97 Å². The molecule has 0 aliphatic rings. The van der Waals surface area contributed by atoms with Gasteiger partial charge in [0.15, 0.2) is 5.16 Å². The Kier molecular flexibility index (Phi) is 5.36. The molecule has 106 valence electrons. The van der Waals surface area contributed by atoms with Gasteiger partial charge in [-0.3, -0.25) is 9.89 Å². The van der Waals surface area contributed by atoms with Crippen LogP contribution in [0.5, 0.6) is 5.88 Å². The number of nitrogens with zero attached hydrogens (tertiary/aromatic N) is 3. The van der Waals surface area contributed by atoms with Crippen molar-refractivity contribution in [2.45, 2.75) is 12.1 Å². The third kappa shape index (κ3) is 3.95. The average Bonchev–Trinajstić information content (AvgIpc) is 2.97. The summed E-state index contributed by atoms with van der Waals surface area (Å²) in [5.74, 6) is 0.862. The number of hydrogen-bond donors (Lipinski definition) is 2. The van der Waals surface area contributed by atoms with Crippen LogP contribution in [-0.2, 0) is 0 Å². The van der Waals surface area contributed by atoms with Gasteiger partial charge in [-0.15, -0.1) is 0 Å². The fourth-order valence-corrected chi connectivity index (χ4v) is 2.12. The van der Waals surface area contributed by atoms with Gasteiger partial charge in [-0.05, 0) is 19.1 Å². The number of carbonyl (C=O) groups excluding carboxylic acids is 1. The van der Waals surface area contributed by atoms with Gasteiger partial charge in [0.2, 0.25) is 5.88 Å². The molecule has 0 saturated carbocycles. The number of nitrogens with one attached hydrogen (secondary N) is 2. The summed E-state index contributed by atoms with van der Waals surface area (Å²) < 4.78 is 5.32. The number of aromatic nitrogens is 4. The minimum atomic E-state index is -0.195. The van der Waals surface area contributed by atoms with Crippen LogP contribution in [-0.4, -0.2) is 45.0 Å². The molecule has 0 aromatic carbocycles. The molecule has 8 heteroatoms. The van der Waals surface area contributed by atoms with Gasteiger partial charge < -0.3 is 10.1 Å². The van der Waals surface area contributed by atoms with Crippen molar-refractivity contribution >= 4 is 17.7 Å². The number of rotatable bonds is 7. The maximum absolute atomic E-state index is 12.0. The summed E-state index contributed by atoms with van der Waals surface area (Å²) in [5.41, 5.74) is 0.444. The topological polar surface area (TPSA) is 92.8 Å². The molecule has 0 unspecified atom stereocenters. The summed E-state index contributed by atoms with van der Waals surface area (Å²) in [6.45, 7) is 2.84. The van der Waals surface area contributed by atoms with Crippen molar-refractivity contribution in [2.75, 3.05) is 18.9 Å². The Morgan fingerprint density at radius 2 is 2.40 bits per heavy atom. The van der Waals surface area contributed by atoms with E-state index in [0.717, 1.165) is 5.16 Å². The summed E-state index contributed by atoms with van der Waals surface area (Å²) in [5, 5.41) is 10.0. The molecular weight excluding hydrogens is 278 g/mol. The minimum Gasteiger partial charge on any atom is -0.477 e. The molecule has 0 atom stereocenters. The fraction of sp³-hybridized carbons (Fsp3) is 0.333. The third-order valence-electron chi connectivity index (χ3n) is 2.32. The largest absolute Gasteiger partial charge is 0.477 e. The van der Waals surface area contributed by atoms with Crippen LogP contribution in [0, 0.1) is 0 Å². The normalized spacial score (nSPS) is 10.2. The highest BCUT2D eigenvalue weighted by molar-refractivity contribution is 7.99. The number of ether oxygens (including phenoxy) is 1. The summed E-state index contributed by atoms with van der Waals surface area (Å²) in [6, 6.07) is 3.40. The summed E-state index contributed by atoms with van der Waals surface area (Å²) in [7, 11) is 0. The predicted molar refractivity (Wildman–Crippen MR) is 74.8 cm³/mol. The van der Waals surface area contributed by atoms with Crippen LogP contribution in [0.25, 0.3) is 0 Å². The fourth-order valence-electron chi connectivity index (χ4n) is 1.49. The summed E-state index contributed by atoms with van der Waals surface area (Å²) in [4.78, 5) is 20.1. The smallest absolute Gasteiger partial charge is 0.256 e. The van der Waals surface area contributed by atoms with Gasteiger partial charge in [0.25, 0.3) is 5.91 Å². The van der Waals surface area contributed by atoms with Crippen molar-refractivity contribution < 1.29 is 9.53 Å². The van der Waals surface area contributed by atoms with Crippen LogP contribution in [0.1, 0.15) is 17.3 Å². The first-order valence-electron chi connectivity index (χ1n) is 6.15. The quantitative estimate of drug-likeness (QED) is 0.587. The van der Waals surface area contributed by atoms with E-state index in [1.165, 1.54) is 18.1 Å². The van der Waals surface area contributed by atoms with Gasteiger partial charge >= 0.3 is 0 Å². The highest BCUT2D eigenvalue weighted by Gasteiger charge is 2.12. The minimum absolute atomic E-state index is 0.195. The number of hydrogen-bond acceptors (Lipinski definition) is 6. The molecule has 2 N–H and O–H groups in total. The third-order valence-corrected chi connectivity index (χ3v) is 3.19. The lowest BCUT2D eigenvalue weighted by Crippen LogP contribution is -2.26. The van der Waals surface area contributed by atoms with Crippen LogP contribution in [0.3, 0.4) is 0 Å². The SMILES string of the molecule is CCOc1ncccc1C(=O)NCCSc1ncn[nH]1. The van der Waals surface area contributed by atoms with E-state index in [1.807, 2.05) is 6.92 Å². The highest BCUT2D eigenvalue weighted by atomic mass is 32.2. The molecule has 0 aliphatic heterocycles. The Morgan fingerprint density at radius 3 is 3.15 bits per heavy atom. The lowest BCUT2D eigenvalue weighted by atomic mass is 10.2. The number of aromatic amines is 1. The number of thioether (sulfide) groups is 1. The van der Waals surface area contributed by atoms with Crippen molar-refractivity contribution in [1.29, 1.82) is 0 Å². The molecule has 0 spiro atoms. The van der Waals surface area contributed by atoms with Crippen molar-refractivity contribution in [3.05, 3.63) is 30.2 Å². The highest BCUT2D eigenvalue weighted by Crippen LogP contribution is 2.14. The molecule has 0 fully saturated rings. The first-order chi connectivity index (χ1) is 9.81. The maximum atomic E-state index is 12.0. The van der Waals surface area contributed by atoms with E-state index < -0.39 is 0 Å². The zero-order valence-corrected chi connectivity index (χ0v) is 11.8. The Hall–Kier alpha value is -2.09. The molecule has 20 heavy (non-hydrogen) atoms. The van der Waals surface area contributed by atoms with Crippen molar-refractivity contribution in [3.63, 3.8) is 0 Å². The summed E-state index contributed by atoms with van der Waals surface area (Å²) in [6.07, 6.45) is 3.05. The maximum Gasteiger partial charge on any atom is 0.256 e. The molecule has 2 heterocycles. The van der Waals surface area contributed by atoms with E-state index in [2.05, 4.69) is 25.5 Å². The Bertz CT molecular complexity index is 547. The lowest BCUT2D eigenvalue weighted by molar-refractivity contribution is 0.0951. The monoisotopic (exact) mass is 293 g/mol. The predicted octanol–water partition coefficient (Wildman–Crippen LogP) is 1.12. The first kappa shape index (κ1) is 14.3. The van der Waals surface area contributed by atoms with Crippen LogP contribution in [0.15, 0.2) is 29.8 Å². The number of pyridine rings is 1. The second kappa shape index (κ2) is 7.49. The lowest BCUT2D eigenvalue weighted by Gasteiger charge is -2.08. The van der Waals surface area contributed by atoms with Crippen LogP contribution in [0.4, 0.5) is 0 Å². The van der Waals surface area contributed by atoms with E-state index in [9.17, 15) is 4.79 Å². The Morgan fingerprint density at radius 1 is 1.50 bits per heavy atom. The average molecular weight is 293 g/mol. The van der Waals surface area contributed by atoms with E-state index in [-0.39, 0.29) is 5.91 Å². The molecule has 0 aliphatic carbocycles. The Labute approximate surface area is 120 Å². The van der Waals surface area contributed by atoms with Gasteiger partial charge in [-0.1, -0.05) is 11.8 Å². The summed E-state index contributed by atoms with van der Waals surface area (Å²) >= 11 is 1.49.